The van der Waals surface area contributed by atoms with E-state index in [4.69, 9.17) is 14.6 Å². The van der Waals surface area contributed by atoms with Gasteiger partial charge in [-0.3, -0.25) is 15.0 Å². The first-order valence-corrected chi connectivity index (χ1v) is 5.81. The van der Waals surface area contributed by atoms with Crippen LogP contribution in [0, 0.1) is 0 Å². The van der Waals surface area contributed by atoms with Gasteiger partial charge in [-0.25, -0.2) is 4.79 Å². The third-order valence-electron chi connectivity index (χ3n) is 2.19. The van der Waals surface area contributed by atoms with Crippen LogP contribution in [-0.4, -0.2) is 60.1 Å². The van der Waals surface area contributed by atoms with Gasteiger partial charge in [-0.15, -0.1) is 0 Å². The first-order valence-electron chi connectivity index (χ1n) is 5.81. The van der Waals surface area contributed by atoms with Gasteiger partial charge in [0.1, 0.15) is 11.8 Å². The topological polar surface area (TPSA) is 88.1 Å². The highest BCUT2D eigenvalue weighted by Crippen LogP contribution is 2.08. The maximum absolute atomic E-state index is 11.5. The first-order chi connectivity index (χ1) is 8.26. The fourth-order valence-corrected chi connectivity index (χ4v) is 1.56. The van der Waals surface area contributed by atoms with Gasteiger partial charge in [0.15, 0.2) is 0 Å². The summed E-state index contributed by atoms with van der Waals surface area (Å²) in [5, 5.41) is 11.3. The predicted molar refractivity (Wildman–Crippen MR) is 63.2 cm³/mol. The van der Waals surface area contributed by atoms with E-state index < -0.39 is 23.9 Å². The van der Waals surface area contributed by atoms with E-state index in [1.165, 1.54) is 0 Å². The number of carboxylic acids is 1. The number of rotatable bonds is 3. The third-order valence-corrected chi connectivity index (χ3v) is 2.19. The molecule has 0 bridgehead atoms. The van der Waals surface area contributed by atoms with Crippen LogP contribution in [0.5, 0.6) is 0 Å². The molecule has 1 atom stereocenters. The number of morpholine rings is 1. The molecule has 1 aliphatic heterocycles. The number of amides is 1. The molecule has 0 aliphatic carbocycles. The highest BCUT2D eigenvalue weighted by atomic mass is 16.6. The maximum Gasteiger partial charge on any atom is 0.409 e. The van der Waals surface area contributed by atoms with Gasteiger partial charge in [0, 0.05) is 13.1 Å². The minimum atomic E-state index is -0.895. The summed E-state index contributed by atoms with van der Waals surface area (Å²) >= 11 is 0. The molecule has 7 heteroatoms. The van der Waals surface area contributed by atoms with Crippen LogP contribution in [0.1, 0.15) is 20.8 Å². The number of carbonyl (C=O) groups is 2. The van der Waals surface area contributed by atoms with Crippen molar-refractivity contribution in [2.45, 2.75) is 32.6 Å². The molecule has 0 saturated carbocycles. The van der Waals surface area contributed by atoms with E-state index in [1.54, 1.807) is 25.7 Å². The van der Waals surface area contributed by atoms with Gasteiger partial charge >= 0.3 is 12.1 Å². The van der Waals surface area contributed by atoms with Crippen molar-refractivity contribution in [3.63, 3.8) is 0 Å². The zero-order valence-electron chi connectivity index (χ0n) is 10.9. The van der Waals surface area contributed by atoms with Crippen molar-refractivity contribution >= 4 is 12.1 Å². The average molecular weight is 260 g/mol. The zero-order valence-corrected chi connectivity index (χ0v) is 10.9. The molecule has 0 aromatic heterocycles. The van der Waals surface area contributed by atoms with Gasteiger partial charge in [-0.2, -0.15) is 0 Å². The molecule has 1 saturated heterocycles. The lowest BCUT2D eigenvalue weighted by Crippen LogP contribution is -2.52. The van der Waals surface area contributed by atoms with Crippen molar-refractivity contribution in [3.8, 4) is 0 Å². The highest BCUT2D eigenvalue weighted by molar-refractivity contribution is 5.69. The predicted octanol–water partition coefficient (Wildman–Crippen LogP) is 0.254. The summed E-state index contributed by atoms with van der Waals surface area (Å²) in [6, 6.07) is 0. The molecular formula is C11H20N2O5. The van der Waals surface area contributed by atoms with Crippen LogP contribution in [0.3, 0.4) is 0 Å². The lowest BCUT2D eigenvalue weighted by atomic mass is 10.2. The van der Waals surface area contributed by atoms with E-state index >= 15 is 0 Å². The number of aliphatic carboxylic acids is 1. The van der Waals surface area contributed by atoms with Crippen molar-refractivity contribution in [2.75, 3.05) is 26.2 Å². The Labute approximate surface area is 106 Å². The third kappa shape index (κ3) is 5.83. The maximum atomic E-state index is 11.5. The van der Waals surface area contributed by atoms with Gasteiger partial charge in [-0.05, 0) is 20.8 Å². The smallest absolute Gasteiger partial charge is 0.409 e. The number of ether oxygens (including phenoxy) is 2. The fraction of sp³-hybridized carbons (Fsp3) is 0.818. The van der Waals surface area contributed by atoms with Crippen molar-refractivity contribution in [3.05, 3.63) is 0 Å². The minimum absolute atomic E-state index is 0.0597. The second-order valence-corrected chi connectivity index (χ2v) is 5.13. The Balaban J connectivity index is 2.38. The van der Waals surface area contributed by atoms with Gasteiger partial charge in [0.05, 0.1) is 13.2 Å². The van der Waals surface area contributed by atoms with Crippen LogP contribution in [0.2, 0.25) is 0 Å². The number of hydrogen-bond donors (Lipinski definition) is 2. The highest BCUT2D eigenvalue weighted by Gasteiger charge is 2.25. The van der Waals surface area contributed by atoms with Crippen LogP contribution >= 0.6 is 0 Å². The molecule has 1 heterocycles. The molecule has 0 aromatic carbocycles. The quantitative estimate of drug-likeness (QED) is 0.756. The van der Waals surface area contributed by atoms with E-state index in [9.17, 15) is 9.59 Å². The molecule has 1 fully saturated rings. The molecule has 2 N–H and O–H groups in total. The lowest BCUT2D eigenvalue weighted by Gasteiger charge is -2.32. The Bertz CT molecular complexity index is 313. The van der Waals surface area contributed by atoms with Crippen molar-refractivity contribution in [2.24, 2.45) is 0 Å². The Morgan fingerprint density at radius 1 is 1.50 bits per heavy atom. The summed E-state index contributed by atoms with van der Waals surface area (Å²) in [6.45, 7) is 6.51. The molecule has 1 amide bonds. The molecule has 104 valence electrons. The van der Waals surface area contributed by atoms with E-state index in [-0.39, 0.29) is 6.54 Å². The van der Waals surface area contributed by atoms with E-state index in [1.807, 2.05) is 0 Å². The monoisotopic (exact) mass is 260 g/mol. The van der Waals surface area contributed by atoms with Gasteiger partial charge in [0.2, 0.25) is 0 Å². The molecule has 0 aromatic rings. The number of carboxylic acid groups (broad SMARTS) is 1. The summed E-state index contributed by atoms with van der Waals surface area (Å²) in [5.41, 5.74) is -0.570. The van der Waals surface area contributed by atoms with Gasteiger partial charge < -0.3 is 14.6 Å². The first kappa shape index (κ1) is 14.7. The summed E-state index contributed by atoms with van der Waals surface area (Å²) in [5.74, 6) is -0.895. The van der Waals surface area contributed by atoms with Crippen LogP contribution in [-0.2, 0) is 14.3 Å². The number of nitrogens with one attached hydrogen (secondary N) is 1. The van der Waals surface area contributed by atoms with Crippen LogP contribution in [0.15, 0.2) is 0 Å². The second kappa shape index (κ2) is 6.01. The molecule has 18 heavy (non-hydrogen) atoms. The fourth-order valence-electron chi connectivity index (χ4n) is 1.56. The standard InChI is InChI=1S/C11H20N2O5/c1-11(2,3)18-10(16)12-8-6-13(4-5-17-8)7-9(14)15/h8H,4-7H2,1-3H3,(H,12,16)(H,14,15). The summed E-state index contributed by atoms with van der Waals surface area (Å²) in [7, 11) is 0. The zero-order chi connectivity index (χ0) is 13.8. The number of alkyl carbamates (subject to hydrolysis) is 1. The molecular weight excluding hydrogens is 240 g/mol. The van der Waals surface area contributed by atoms with E-state index in [0.29, 0.717) is 19.7 Å². The normalized spacial score (nSPS) is 21.4. The van der Waals surface area contributed by atoms with Gasteiger partial charge in [-0.1, -0.05) is 0 Å². The Kier molecular flexibility index (Phi) is 4.92. The van der Waals surface area contributed by atoms with Crippen LogP contribution < -0.4 is 5.32 Å². The SMILES string of the molecule is CC(C)(C)OC(=O)NC1CN(CC(=O)O)CCO1. The summed E-state index contributed by atoms with van der Waals surface area (Å²) < 4.78 is 10.4. The Morgan fingerprint density at radius 3 is 2.72 bits per heavy atom. The lowest BCUT2D eigenvalue weighted by molar-refractivity contribution is -0.140. The molecule has 1 rings (SSSR count). The van der Waals surface area contributed by atoms with Gasteiger partial charge in [0.25, 0.3) is 0 Å². The summed E-state index contributed by atoms with van der Waals surface area (Å²) in [4.78, 5) is 23.8. The molecule has 0 spiro atoms. The molecule has 7 nitrogen and oxygen atoms in total. The van der Waals surface area contributed by atoms with Crippen molar-refractivity contribution in [1.82, 2.24) is 10.2 Å². The number of nitrogens with zero attached hydrogens (tertiary/aromatic N) is 1. The minimum Gasteiger partial charge on any atom is -0.480 e. The van der Waals surface area contributed by atoms with Crippen molar-refractivity contribution < 1.29 is 24.2 Å². The van der Waals surface area contributed by atoms with Crippen molar-refractivity contribution in [1.29, 1.82) is 0 Å². The van der Waals surface area contributed by atoms with E-state index in [0.717, 1.165) is 0 Å². The van der Waals surface area contributed by atoms with E-state index in [2.05, 4.69) is 5.32 Å². The van der Waals surface area contributed by atoms with Crippen LogP contribution in [0.25, 0.3) is 0 Å². The number of hydrogen-bond acceptors (Lipinski definition) is 5. The molecule has 0 radical (unpaired) electrons. The Hall–Kier alpha value is -1.34. The average Bonchev–Trinajstić information content (AvgIpc) is 2.13. The summed E-state index contributed by atoms with van der Waals surface area (Å²) in [6.07, 6.45) is -1.10. The Morgan fingerprint density at radius 2 is 2.17 bits per heavy atom. The number of carbonyl (C=O) groups excluding carboxylic acids is 1. The largest absolute Gasteiger partial charge is 0.480 e. The second-order valence-electron chi connectivity index (χ2n) is 5.13. The van der Waals surface area contributed by atoms with Crippen LogP contribution in [0.4, 0.5) is 4.79 Å². The molecule has 1 aliphatic rings. The molecule has 1 unspecified atom stereocenters.